The number of amides is 6. The zero-order valence-electron chi connectivity index (χ0n) is 33.7. The van der Waals surface area contributed by atoms with E-state index < -0.39 is 29.7 Å². The van der Waals surface area contributed by atoms with Crippen LogP contribution in [0, 0.1) is 0 Å². The van der Waals surface area contributed by atoms with Crippen LogP contribution in [0.15, 0.2) is 72.9 Å². The van der Waals surface area contributed by atoms with Crippen LogP contribution in [0.25, 0.3) is 0 Å². The highest BCUT2D eigenvalue weighted by molar-refractivity contribution is 6.25. The number of carbonyl (C=O) groups is 6. The highest BCUT2D eigenvalue weighted by Crippen LogP contribution is 2.43. The van der Waals surface area contributed by atoms with Crippen molar-refractivity contribution >= 4 is 70.0 Å². The Balaban J connectivity index is 0.760. The van der Waals surface area contributed by atoms with E-state index in [9.17, 15) is 28.8 Å². The Labute approximate surface area is 348 Å². The summed E-state index contributed by atoms with van der Waals surface area (Å²) in [5, 5.41) is 11.8. The van der Waals surface area contributed by atoms with Crippen molar-refractivity contribution in [3.63, 3.8) is 0 Å². The number of hydrogen-bond acceptors (Lipinski definition) is 11. The number of benzene rings is 3. The van der Waals surface area contributed by atoms with Crippen molar-refractivity contribution in [2.75, 3.05) is 40.6 Å². The number of anilines is 6. The van der Waals surface area contributed by atoms with Crippen molar-refractivity contribution in [1.82, 2.24) is 25.5 Å². The van der Waals surface area contributed by atoms with Gasteiger partial charge in [-0.3, -0.25) is 39.0 Å². The quantitative estimate of drug-likeness (QED) is 0.0761. The van der Waals surface area contributed by atoms with Gasteiger partial charge in [-0.1, -0.05) is 56.7 Å². The number of nitrogens with zero attached hydrogens (tertiary/aromatic N) is 5. The van der Waals surface area contributed by atoms with Crippen LogP contribution in [0.2, 0.25) is 0 Å². The maximum atomic E-state index is 13.5. The molecule has 1 saturated heterocycles. The summed E-state index contributed by atoms with van der Waals surface area (Å²) < 4.78 is 0. The fraction of sp³-hybridized carbons (Fsp3) is 0.378. The first-order valence-corrected chi connectivity index (χ1v) is 21.0. The molecular formula is C45H49N9O6. The lowest BCUT2D eigenvalue weighted by molar-refractivity contribution is -0.136. The summed E-state index contributed by atoms with van der Waals surface area (Å²) in [7, 11) is 1.76. The van der Waals surface area contributed by atoms with Gasteiger partial charge in [0.25, 0.3) is 23.6 Å². The summed E-state index contributed by atoms with van der Waals surface area (Å²) in [6.45, 7) is 1.19. The van der Waals surface area contributed by atoms with Gasteiger partial charge in [-0.25, -0.2) is 4.98 Å². The van der Waals surface area contributed by atoms with Crippen LogP contribution in [-0.4, -0.2) is 82.5 Å². The van der Waals surface area contributed by atoms with E-state index in [0.717, 1.165) is 80.5 Å². The van der Waals surface area contributed by atoms with Crippen LogP contribution in [0.1, 0.15) is 118 Å². The largest absolute Gasteiger partial charge is 0.384 e. The van der Waals surface area contributed by atoms with Crippen molar-refractivity contribution in [2.45, 2.75) is 89.1 Å². The van der Waals surface area contributed by atoms with Gasteiger partial charge in [-0.15, -0.1) is 0 Å². The first-order valence-electron chi connectivity index (χ1n) is 21.0. The second-order valence-corrected chi connectivity index (χ2v) is 15.8. The molecule has 4 heterocycles. The zero-order valence-corrected chi connectivity index (χ0v) is 33.7. The van der Waals surface area contributed by atoms with Crippen LogP contribution < -0.4 is 31.1 Å². The maximum Gasteiger partial charge on any atom is 0.264 e. The molecule has 60 heavy (non-hydrogen) atoms. The zero-order chi connectivity index (χ0) is 41.8. The van der Waals surface area contributed by atoms with Crippen LogP contribution in [0.4, 0.5) is 34.5 Å². The Morgan fingerprint density at radius 3 is 2.23 bits per heavy atom. The molecule has 8 rings (SSSR count). The SMILES string of the molecule is CN1C(=O)c2ccccc2N(C2CCCC2)c2nc(Nc3ccc(C(=O)NCCCCCCCCNc4cccc5c4C(=O)N(C4CCC(=O)NC4=O)C5=O)cc3)ncc21. The van der Waals surface area contributed by atoms with Crippen molar-refractivity contribution in [2.24, 2.45) is 0 Å². The molecule has 310 valence electrons. The van der Waals surface area contributed by atoms with Gasteiger partial charge in [0.1, 0.15) is 11.7 Å². The number of rotatable bonds is 15. The molecular weight excluding hydrogens is 763 g/mol. The average Bonchev–Trinajstić information content (AvgIpc) is 3.86. The Kier molecular flexibility index (Phi) is 11.8. The minimum Gasteiger partial charge on any atom is -0.384 e. The molecule has 4 N–H and O–H groups in total. The number of unbranched alkanes of at least 4 members (excludes halogenated alkanes) is 5. The summed E-state index contributed by atoms with van der Waals surface area (Å²) >= 11 is 0. The summed E-state index contributed by atoms with van der Waals surface area (Å²) in [5.74, 6) is -1.21. The lowest BCUT2D eigenvalue weighted by Crippen LogP contribution is -2.54. The monoisotopic (exact) mass is 811 g/mol. The highest BCUT2D eigenvalue weighted by Gasteiger charge is 2.45. The molecule has 6 amide bonds. The third-order valence-electron chi connectivity index (χ3n) is 11.8. The van der Waals surface area contributed by atoms with Gasteiger partial charge in [0.2, 0.25) is 17.8 Å². The number of nitrogens with one attached hydrogen (secondary N) is 4. The minimum atomic E-state index is -0.995. The lowest BCUT2D eigenvalue weighted by atomic mass is 10.0. The number of para-hydroxylation sites is 1. The highest BCUT2D eigenvalue weighted by atomic mass is 16.2. The summed E-state index contributed by atoms with van der Waals surface area (Å²) in [5.41, 5.74) is 4.54. The molecule has 0 radical (unpaired) electrons. The van der Waals surface area contributed by atoms with E-state index in [1.165, 1.54) is 0 Å². The van der Waals surface area contributed by atoms with Gasteiger partial charge in [-0.2, -0.15) is 4.98 Å². The molecule has 4 aromatic rings. The molecule has 0 bridgehead atoms. The van der Waals surface area contributed by atoms with E-state index in [0.29, 0.717) is 47.4 Å². The first-order chi connectivity index (χ1) is 29.2. The second kappa shape index (κ2) is 17.7. The number of carbonyl (C=O) groups excluding carboxylic acids is 6. The third kappa shape index (κ3) is 8.16. The van der Waals surface area contributed by atoms with Gasteiger partial charge >= 0.3 is 0 Å². The fourth-order valence-electron chi connectivity index (χ4n) is 8.62. The molecule has 1 aromatic heterocycles. The van der Waals surface area contributed by atoms with Crippen LogP contribution >= 0.6 is 0 Å². The van der Waals surface area contributed by atoms with Gasteiger partial charge in [-0.05, 0) is 80.6 Å². The normalized spacial score (nSPS) is 17.6. The van der Waals surface area contributed by atoms with E-state index in [-0.39, 0.29) is 41.8 Å². The number of piperidine rings is 1. The molecule has 3 aromatic carbocycles. The van der Waals surface area contributed by atoms with E-state index in [1.54, 1.807) is 48.5 Å². The average molecular weight is 812 g/mol. The molecule has 1 unspecified atom stereocenters. The van der Waals surface area contributed by atoms with E-state index >= 15 is 0 Å². The molecule has 4 aliphatic rings. The smallest absolute Gasteiger partial charge is 0.264 e. The van der Waals surface area contributed by atoms with Crippen LogP contribution in [0.3, 0.4) is 0 Å². The summed E-state index contributed by atoms with van der Waals surface area (Å²) in [4.78, 5) is 91.1. The number of fused-ring (bicyclic) bond motifs is 3. The number of imide groups is 2. The van der Waals surface area contributed by atoms with Crippen molar-refractivity contribution in [3.05, 3.63) is 95.2 Å². The van der Waals surface area contributed by atoms with Gasteiger partial charge in [0.05, 0.1) is 28.6 Å². The van der Waals surface area contributed by atoms with Crippen LogP contribution in [-0.2, 0) is 9.59 Å². The Hall–Kier alpha value is -6.64. The number of aromatic nitrogens is 2. The molecule has 1 atom stereocenters. The van der Waals surface area contributed by atoms with Crippen molar-refractivity contribution < 1.29 is 28.8 Å². The molecule has 15 heteroatoms. The third-order valence-corrected chi connectivity index (χ3v) is 11.8. The van der Waals surface area contributed by atoms with E-state index in [2.05, 4.69) is 31.2 Å². The maximum absolute atomic E-state index is 13.5. The van der Waals surface area contributed by atoms with E-state index in [1.807, 2.05) is 36.4 Å². The van der Waals surface area contributed by atoms with Gasteiger partial charge in [0, 0.05) is 49.5 Å². The Bertz CT molecular complexity index is 2330. The standard InChI is InChI=1S/C45H49N9O6/c1-52-36-27-48-45(51-39(36)53(30-13-6-7-14-30)34-18-9-8-15-31(34)42(52)58)49-29-21-19-28(20-22-29)40(56)47-26-11-5-3-2-4-10-25-46-33-17-12-16-32-38(33)44(60)54(43(32)59)35-23-24-37(55)50-41(35)57/h8-9,12,15-22,27,30,35,46H,2-7,10-11,13-14,23-26H2,1H3,(H,47,56)(H,48,49,51)(H,50,55,57). The van der Waals surface area contributed by atoms with Crippen molar-refractivity contribution in [3.8, 4) is 0 Å². The first kappa shape index (κ1) is 40.2. The predicted molar refractivity (Wildman–Crippen MR) is 227 cm³/mol. The Morgan fingerprint density at radius 1 is 0.750 bits per heavy atom. The molecule has 1 aliphatic carbocycles. The van der Waals surface area contributed by atoms with E-state index in [4.69, 9.17) is 4.98 Å². The molecule has 0 spiro atoms. The molecule has 2 fully saturated rings. The predicted octanol–water partition coefficient (Wildman–Crippen LogP) is 6.47. The Morgan fingerprint density at radius 2 is 1.47 bits per heavy atom. The summed E-state index contributed by atoms with van der Waals surface area (Å²) in [6, 6.07) is 19.2. The van der Waals surface area contributed by atoms with Crippen molar-refractivity contribution in [1.29, 1.82) is 0 Å². The topological polar surface area (TPSA) is 186 Å². The van der Waals surface area contributed by atoms with Crippen LogP contribution in [0.5, 0.6) is 0 Å². The lowest BCUT2D eigenvalue weighted by Gasteiger charge is -2.31. The number of hydrogen-bond donors (Lipinski definition) is 4. The van der Waals surface area contributed by atoms with Gasteiger partial charge < -0.3 is 25.8 Å². The molecule has 15 nitrogen and oxygen atoms in total. The second-order valence-electron chi connectivity index (χ2n) is 15.8. The van der Waals surface area contributed by atoms with Gasteiger partial charge in [0.15, 0.2) is 5.82 Å². The fourth-order valence-corrected chi connectivity index (χ4v) is 8.62. The minimum absolute atomic E-state index is 0.0763. The molecule has 3 aliphatic heterocycles. The molecule has 1 saturated carbocycles. The summed E-state index contributed by atoms with van der Waals surface area (Å²) in [6.07, 6.45) is 11.9.